The third-order valence-corrected chi connectivity index (χ3v) is 8.78. The molecule has 0 spiro atoms. The molecule has 0 saturated carbocycles. The van der Waals surface area contributed by atoms with E-state index in [1.54, 1.807) is 0 Å². The Hall–Kier alpha value is -6.10. The largest absolute Gasteiger partial charge is 0.573 e. The molecular formula is C35H29F10N5O7S. The zero-order chi connectivity index (χ0) is 43.2. The number of ether oxygens (including phenoxy) is 2. The molecule has 0 aliphatic heterocycles. The average Bonchev–Trinajstić information content (AvgIpc) is 3.08. The average molecular weight is 854 g/mol. The van der Waals surface area contributed by atoms with Crippen molar-refractivity contribution in [2.75, 3.05) is 23.9 Å². The standard InChI is InChI=1S/C35H29F10N5O7S/c1-49(25-3-7-27(8-4-25)56-34(40,41)42)31(51)29(15-19-11-21(36)17-22(37)12-19)46-33(53)48-58(54,55)47-30(16-20-13-23(38)18-24(39)14-20)32(52)50(2)26-5-9-28(10-6-26)57-35(43,44)45/h3-14,17-18,29-30,47H,15-16H2,1-2H3,(H2,46,48,53)/t29-,30-/m0/s1. The van der Waals surface area contributed by atoms with Gasteiger partial charge in [-0.2, -0.15) is 13.1 Å². The van der Waals surface area contributed by atoms with Gasteiger partial charge in [-0.3, -0.25) is 9.59 Å². The molecule has 0 aromatic heterocycles. The summed E-state index contributed by atoms with van der Waals surface area (Å²) in [6, 6.07) is 6.05. The zero-order valence-corrected chi connectivity index (χ0v) is 30.4. The summed E-state index contributed by atoms with van der Waals surface area (Å²) < 4.78 is 169. The lowest BCUT2D eigenvalue weighted by molar-refractivity contribution is -0.275. The lowest BCUT2D eigenvalue weighted by atomic mass is 10.0. The molecule has 0 aliphatic carbocycles. The number of nitrogens with one attached hydrogen (secondary N) is 3. The van der Waals surface area contributed by atoms with Gasteiger partial charge in [0, 0.05) is 44.0 Å². The number of anilines is 2. The zero-order valence-electron chi connectivity index (χ0n) is 29.6. The van der Waals surface area contributed by atoms with E-state index in [9.17, 15) is 66.7 Å². The van der Waals surface area contributed by atoms with Gasteiger partial charge >= 0.3 is 29.0 Å². The first-order valence-corrected chi connectivity index (χ1v) is 17.6. The summed E-state index contributed by atoms with van der Waals surface area (Å²) in [6.07, 6.45) is -11.5. The van der Waals surface area contributed by atoms with Crippen molar-refractivity contribution < 1.29 is 76.2 Å². The molecule has 0 saturated heterocycles. The molecule has 0 radical (unpaired) electrons. The van der Waals surface area contributed by atoms with Crippen molar-refractivity contribution in [3.63, 3.8) is 0 Å². The van der Waals surface area contributed by atoms with E-state index in [1.165, 1.54) is 4.72 Å². The molecule has 23 heteroatoms. The third kappa shape index (κ3) is 13.5. The molecule has 0 unspecified atom stereocenters. The van der Waals surface area contributed by atoms with Crippen LogP contribution in [0.4, 0.5) is 60.1 Å². The Morgan fingerprint density at radius 1 is 0.603 bits per heavy atom. The van der Waals surface area contributed by atoms with Crippen molar-refractivity contribution >= 4 is 39.4 Å². The van der Waals surface area contributed by atoms with Crippen LogP contribution in [0.2, 0.25) is 0 Å². The van der Waals surface area contributed by atoms with Crippen molar-refractivity contribution in [1.82, 2.24) is 14.8 Å². The Balaban J connectivity index is 1.58. The number of rotatable bonds is 14. The Morgan fingerprint density at radius 2 is 0.948 bits per heavy atom. The number of benzene rings is 4. The first-order chi connectivity index (χ1) is 26.9. The van der Waals surface area contributed by atoms with Crippen LogP contribution in [0.25, 0.3) is 0 Å². The summed E-state index contributed by atoms with van der Waals surface area (Å²) in [6.45, 7) is 0. The lowest BCUT2D eigenvalue weighted by Gasteiger charge is -2.26. The number of carbonyl (C=O) groups excluding carboxylic acids is 3. The Bertz CT molecular complexity index is 2190. The fourth-order valence-corrected chi connectivity index (χ4v) is 6.22. The quantitative estimate of drug-likeness (QED) is 0.132. The predicted octanol–water partition coefficient (Wildman–Crippen LogP) is 6.02. The predicted molar refractivity (Wildman–Crippen MR) is 184 cm³/mol. The summed E-state index contributed by atoms with van der Waals surface area (Å²) in [7, 11) is -3.01. The minimum Gasteiger partial charge on any atom is -0.406 e. The summed E-state index contributed by atoms with van der Waals surface area (Å²) in [5.74, 6) is -7.96. The maximum atomic E-state index is 14.0. The van der Waals surface area contributed by atoms with E-state index in [1.807, 2.05) is 10.0 Å². The van der Waals surface area contributed by atoms with Crippen LogP contribution in [0.3, 0.4) is 0 Å². The second-order valence-electron chi connectivity index (χ2n) is 12.1. The molecule has 12 nitrogen and oxygen atoms in total. The SMILES string of the molecule is CN(C(=O)[C@H](Cc1cc(F)cc(F)c1)NC(=O)NS(=O)(=O)N[C@@H](Cc1cc(F)cc(F)c1)C(=O)N(C)c1ccc(OC(F)(F)F)cc1)c1ccc(OC(F)(F)F)cc1. The molecule has 58 heavy (non-hydrogen) atoms. The van der Waals surface area contributed by atoms with E-state index in [0.29, 0.717) is 12.1 Å². The lowest BCUT2D eigenvalue weighted by Crippen LogP contribution is -2.57. The van der Waals surface area contributed by atoms with Crippen LogP contribution >= 0.6 is 0 Å². The van der Waals surface area contributed by atoms with Gasteiger partial charge in [-0.15, -0.1) is 26.3 Å². The van der Waals surface area contributed by atoms with Crippen molar-refractivity contribution in [2.24, 2.45) is 0 Å². The van der Waals surface area contributed by atoms with E-state index in [-0.39, 0.29) is 22.5 Å². The molecule has 4 rings (SSSR count). The third-order valence-electron chi connectivity index (χ3n) is 7.73. The van der Waals surface area contributed by atoms with Crippen LogP contribution in [-0.2, 0) is 32.6 Å². The minimum atomic E-state index is -5.20. The van der Waals surface area contributed by atoms with Gasteiger partial charge in [0.2, 0.25) is 11.8 Å². The summed E-state index contributed by atoms with van der Waals surface area (Å²) in [5, 5.41) is 2.03. The molecule has 4 aromatic rings. The van der Waals surface area contributed by atoms with Crippen LogP contribution < -0.4 is 34.0 Å². The topological polar surface area (TPSA) is 146 Å². The Kier molecular flexibility index (Phi) is 13.8. The molecule has 0 bridgehead atoms. The van der Waals surface area contributed by atoms with E-state index in [4.69, 9.17) is 0 Å². The van der Waals surface area contributed by atoms with Gasteiger partial charge in [0.1, 0.15) is 46.9 Å². The van der Waals surface area contributed by atoms with Gasteiger partial charge in [-0.25, -0.2) is 27.1 Å². The summed E-state index contributed by atoms with van der Waals surface area (Å²) in [5.41, 5.74) is -0.664. The van der Waals surface area contributed by atoms with Gasteiger partial charge in [0.25, 0.3) is 0 Å². The van der Waals surface area contributed by atoms with Crippen LogP contribution in [-0.4, -0.2) is 65.2 Å². The van der Waals surface area contributed by atoms with E-state index in [0.717, 1.165) is 96.7 Å². The van der Waals surface area contributed by atoms with Crippen molar-refractivity contribution in [3.8, 4) is 11.5 Å². The number of halogens is 10. The number of amides is 4. The van der Waals surface area contributed by atoms with Crippen LogP contribution in [0.5, 0.6) is 11.5 Å². The molecular weight excluding hydrogens is 824 g/mol. The first-order valence-electron chi connectivity index (χ1n) is 16.1. The number of carbonyl (C=O) groups is 3. The highest BCUT2D eigenvalue weighted by Crippen LogP contribution is 2.27. The number of urea groups is 1. The highest BCUT2D eigenvalue weighted by Gasteiger charge is 2.34. The number of hydrogen-bond donors (Lipinski definition) is 3. The van der Waals surface area contributed by atoms with Crippen molar-refractivity contribution in [3.05, 3.63) is 119 Å². The van der Waals surface area contributed by atoms with Crippen LogP contribution in [0, 0.1) is 23.3 Å². The van der Waals surface area contributed by atoms with Crippen LogP contribution in [0.1, 0.15) is 11.1 Å². The van der Waals surface area contributed by atoms with Gasteiger partial charge in [0.05, 0.1) is 0 Å². The molecule has 4 aromatic carbocycles. The number of likely N-dealkylation sites (N-methyl/N-ethyl adjacent to an activating group) is 2. The minimum absolute atomic E-state index is 0.0757. The fourth-order valence-electron chi connectivity index (χ4n) is 5.30. The van der Waals surface area contributed by atoms with Gasteiger partial charge in [-0.1, -0.05) is 0 Å². The normalized spacial score (nSPS) is 12.9. The van der Waals surface area contributed by atoms with Gasteiger partial charge < -0.3 is 24.6 Å². The van der Waals surface area contributed by atoms with Crippen molar-refractivity contribution in [2.45, 2.75) is 37.7 Å². The van der Waals surface area contributed by atoms with Gasteiger partial charge in [-0.05, 0) is 90.3 Å². The molecule has 2 atom stereocenters. The molecule has 0 aliphatic rings. The fraction of sp³-hybridized carbons (Fsp3) is 0.229. The molecule has 312 valence electrons. The first kappa shape index (κ1) is 44.6. The second-order valence-corrected chi connectivity index (χ2v) is 13.6. The highest BCUT2D eigenvalue weighted by molar-refractivity contribution is 7.88. The maximum Gasteiger partial charge on any atom is 0.573 e. The monoisotopic (exact) mass is 853 g/mol. The molecule has 4 amide bonds. The van der Waals surface area contributed by atoms with E-state index < -0.39 is 100 Å². The number of alkyl halides is 6. The Labute approximate surface area is 322 Å². The van der Waals surface area contributed by atoms with E-state index >= 15 is 0 Å². The Morgan fingerprint density at radius 3 is 1.31 bits per heavy atom. The number of nitrogens with zero attached hydrogens (tertiary/aromatic N) is 2. The van der Waals surface area contributed by atoms with Gasteiger partial charge in [0.15, 0.2) is 0 Å². The number of hydrogen-bond acceptors (Lipinski definition) is 7. The summed E-state index contributed by atoms with van der Waals surface area (Å²) >= 11 is 0. The molecule has 0 fully saturated rings. The second kappa shape index (κ2) is 18.0. The molecule has 3 N–H and O–H groups in total. The maximum absolute atomic E-state index is 14.0. The highest BCUT2D eigenvalue weighted by atomic mass is 32.2. The molecule has 0 heterocycles. The van der Waals surface area contributed by atoms with Crippen molar-refractivity contribution in [1.29, 1.82) is 0 Å². The summed E-state index contributed by atoms with van der Waals surface area (Å²) in [4.78, 5) is 42.0. The smallest absolute Gasteiger partial charge is 0.406 e. The van der Waals surface area contributed by atoms with E-state index in [2.05, 4.69) is 9.47 Å². The van der Waals surface area contributed by atoms with Crippen LogP contribution in [0.15, 0.2) is 84.9 Å².